The zero-order valence-corrected chi connectivity index (χ0v) is 8.56. The van der Waals surface area contributed by atoms with Gasteiger partial charge in [-0.05, 0) is 17.4 Å². The van der Waals surface area contributed by atoms with Crippen LogP contribution in [0.5, 0.6) is 0 Å². The van der Waals surface area contributed by atoms with Gasteiger partial charge in [0.15, 0.2) is 0 Å². The van der Waals surface area contributed by atoms with Gasteiger partial charge in [0.25, 0.3) is 0 Å². The van der Waals surface area contributed by atoms with E-state index in [1.54, 1.807) is 11.3 Å². The van der Waals surface area contributed by atoms with Crippen molar-refractivity contribution in [2.75, 3.05) is 0 Å². The summed E-state index contributed by atoms with van der Waals surface area (Å²) in [5.41, 5.74) is 2.47. The van der Waals surface area contributed by atoms with Crippen molar-refractivity contribution < 1.29 is 0 Å². The lowest BCUT2D eigenvalue weighted by molar-refractivity contribution is 0.812. The van der Waals surface area contributed by atoms with Crippen molar-refractivity contribution in [1.82, 2.24) is 10.2 Å². The van der Waals surface area contributed by atoms with E-state index in [0.29, 0.717) is 5.92 Å². The van der Waals surface area contributed by atoms with Crippen LogP contribution in [0.15, 0.2) is 23.7 Å². The Kier molecular flexibility index (Phi) is 2.19. The smallest absolute Gasteiger partial charge is 0.0577 e. The van der Waals surface area contributed by atoms with E-state index in [1.807, 2.05) is 6.20 Å². The van der Waals surface area contributed by atoms with Gasteiger partial charge < -0.3 is 0 Å². The highest BCUT2D eigenvalue weighted by molar-refractivity contribution is 7.13. The van der Waals surface area contributed by atoms with Crippen LogP contribution in [0, 0.1) is 0 Å². The Labute approximate surface area is 81.6 Å². The lowest BCUT2D eigenvalue weighted by atomic mass is 10.1. The minimum atomic E-state index is 0.500. The molecule has 0 saturated heterocycles. The topological polar surface area (TPSA) is 28.7 Å². The van der Waals surface area contributed by atoms with E-state index in [2.05, 4.69) is 41.6 Å². The monoisotopic (exact) mass is 192 g/mol. The van der Waals surface area contributed by atoms with Crippen LogP contribution in [0.25, 0.3) is 10.4 Å². The molecule has 0 saturated carbocycles. The van der Waals surface area contributed by atoms with E-state index < -0.39 is 0 Å². The third-order valence-corrected chi connectivity index (χ3v) is 2.94. The first kappa shape index (κ1) is 8.51. The normalized spacial score (nSPS) is 11.0. The zero-order chi connectivity index (χ0) is 9.26. The molecule has 0 aliphatic heterocycles. The highest BCUT2D eigenvalue weighted by atomic mass is 32.1. The molecule has 0 aromatic carbocycles. The average Bonchev–Trinajstić information content (AvgIpc) is 2.74. The Balaban J connectivity index is 2.46. The summed E-state index contributed by atoms with van der Waals surface area (Å²) >= 11 is 1.75. The number of H-pyrrole nitrogens is 1. The van der Waals surface area contributed by atoms with Gasteiger partial charge in [0.2, 0.25) is 0 Å². The highest BCUT2D eigenvalue weighted by Gasteiger charge is 2.10. The molecule has 2 aromatic heterocycles. The van der Waals surface area contributed by atoms with Gasteiger partial charge in [-0.25, -0.2) is 0 Å². The Morgan fingerprint density at radius 1 is 1.46 bits per heavy atom. The maximum atomic E-state index is 4.08. The highest BCUT2D eigenvalue weighted by Crippen LogP contribution is 2.30. The van der Waals surface area contributed by atoms with Crippen molar-refractivity contribution in [1.29, 1.82) is 0 Å². The molecular weight excluding hydrogens is 180 g/mol. The quantitative estimate of drug-likeness (QED) is 0.777. The van der Waals surface area contributed by atoms with Crippen LogP contribution in [0.2, 0.25) is 0 Å². The van der Waals surface area contributed by atoms with Gasteiger partial charge in [0, 0.05) is 16.1 Å². The van der Waals surface area contributed by atoms with E-state index >= 15 is 0 Å². The number of aromatic amines is 1. The van der Waals surface area contributed by atoms with Crippen molar-refractivity contribution in [3.05, 3.63) is 29.4 Å². The summed E-state index contributed by atoms with van der Waals surface area (Å²) in [6.07, 6.45) is 1.90. The van der Waals surface area contributed by atoms with Crippen molar-refractivity contribution in [3.8, 4) is 10.4 Å². The fourth-order valence-corrected chi connectivity index (χ4v) is 2.11. The minimum absolute atomic E-state index is 0.500. The minimum Gasteiger partial charge on any atom is -0.282 e. The molecule has 2 nitrogen and oxygen atoms in total. The van der Waals surface area contributed by atoms with Crippen LogP contribution in [-0.4, -0.2) is 10.2 Å². The molecule has 68 valence electrons. The van der Waals surface area contributed by atoms with Gasteiger partial charge in [-0.3, -0.25) is 5.10 Å². The van der Waals surface area contributed by atoms with Gasteiger partial charge in [-0.15, -0.1) is 11.3 Å². The van der Waals surface area contributed by atoms with Crippen LogP contribution in [0.3, 0.4) is 0 Å². The second-order valence-corrected chi connectivity index (χ2v) is 4.28. The number of aromatic nitrogens is 2. The number of nitrogens with one attached hydrogen (secondary N) is 1. The number of nitrogens with zero attached hydrogens (tertiary/aromatic N) is 1. The maximum Gasteiger partial charge on any atom is 0.0577 e. The summed E-state index contributed by atoms with van der Waals surface area (Å²) in [5.74, 6) is 0.500. The molecule has 3 heteroatoms. The molecule has 2 rings (SSSR count). The average molecular weight is 192 g/mol. The van der Waals surface area contributed by atoms with Gasteiger partial charge in [0.05, 0.1) is 6.20 Å². The van der Waals surface area contributed by atoms with E-state index in [0.717, 1.165) is 0 Å². The first-order chi connectivity index (χ1) is 6.29. The number of hydrogen-bond acceptors (Lipinski definition) is 2. The fraction of sp³-hybridized carbons (Fsp3) is 0.300. The Bertz CT molecular complexity index is 373. The summed E-state index contributed by atoms with van der Waals surface area (Å²) in [6, 6.07) is 4.19. The first-order valence-electron chi connectivity index (χ1n) is 4.36. The van der Waals surface area contributed by atoms with Crippen LogP contribution in [0.1, 0.15) is 25.5 Å². The molecule has 2 heterocycles. The summed E-state index contributed by atoms with van der Waals surface area (Å²) in [4.78, 5) is 1.29. The number of thiophene rings is 1. The Hall–Kier alpha value is -1.09. The van der Waals surface area contributed by atoms with E-state index in [4.69, 9.17) is 0 Å². The molecule has 0 fully saturated rings. The van der Waals surface area contributed by atoms with Crippen LogP contribution in [0.4, 0.5) is 0 Å². The van der Waals surface area contributed by atoms with Gasteiger partial charge in [0.1, 0.15) is 0 Å². The summed E-state index contributed by atoms with van der Waals surface area (Å²) in [7, 11) is 0. The summed E-state index contributed by atoms with van der Waals surface area (Å²) in [6.45, 7) is 4.34. The maximum absolute atomic E-state index is 4.08. The van der Waals surface area contributed by atoms with Gasteiger partial charge >= 0.3 is 0 Å². The molecule has 0 aliphatic carbocycles. The number of hydrogen-bond donors (Lipinski definition) is 1. The fourth-order valence-electron chi connectivity index (χ4n) is 1.36. The second-order valence-electron chi connectivity index (χ2n) is 3.33. The van der Waals surface area contributed by atoms with Crippen molar-refractivity contribution in [3.63, 3.8) is 0 Å². The predicted octanol–water partition coefficient (Wildman–Crippen LogP) is 3.26. The van der Waals surface area contributed by atoms with Crippen LogP contribution < -0.4 is 0 Å². The number of rotatable bonds is 2. The van der Waals surface area contributed by atoms with Crippen molar-refractivity contribution in [2.45, 2.75) is 19.8 Å². The Morgan fingerprint density at radius 2 is 2.31 bits per heavy atom. The van der Waals surface area contributed by atoms with Crippen molar-refractivity contribution in [2.24, 2.45) is 0 Å². The standard InChI is InChI=1S/C10H12N2S/c1-7(2)10-8(6-11-12-10)9-4-3-5-13-9/h3-7H,1-2H3,(H,11,12). The molecule has 13 heavy (non-hydrogen) atoms. The summed E-state index contributed by atoms with van der Waals surface area (Å²) in [5, 5.41) is 9.22. The lowest BCUT2D eigenvalue weighted by Crippen LogP contribution is -1.89. The summed E-state index contributed by atoms with van der Waals surface area (Å²) < 4.78 is 0. The van der Waals surface area contributed by atoms with E-state index in [-0.39, 0.29) is 0 Å². The second kappa shape index (κ2) is 3.34. The van der Waals surface area contributed by atoms with Crippen molar-refractivity contribution >= 4 is 11.3 Å². The van der Waals surface area contributed by atoms with E-state index in [9.17, 15) is 0 Å². The molecule has 0 radical (unpaired) electrons. The molecule has 0 unspecified atom stereocenters. The molecule has 0 aliphatic rings. The SMILES string of the molecule is CC(C)c1[nH]ncc1-c1cccs1. The van der Waals surface area contributed by atoms with Gasteiger partial charge in [-0.1, -0.05) is 19.9 Å². The van der Waals surface area contributed by atoms with E-state index in [1.165, 1.54) is 16.1 Å². The molecule has 0 atom stereocenters. The molecular formula is C10H12N2S. The Morgan fingerprint density at radius 3 is 2.92 bits per heavy atom. The third kappa shape index (κ3) is 1.52. The third-order valence-electron chi connectivity index (χ3n) is 2.03. The van der Waals surface area contributed by atoms with Crippen LogP contribution >= 0.6 is 11.3 Å². The lowest BCUT2D eigenvalue weighted by Gasteiger charge is -2.03. The molecule has 1 N–H and O–H groups in total. The predicted molar refractivity (Wildman–Crippen MR) is 56.0 cm³/mol. The zero-order valence-electron chi connectivity index (χ0n) is 7.74. The van der Waals surface area contributed by atoms with Gasteiger partial charge in [-0.2, -0.15) is 5.10 Å². The first-order valence-corrected chi connectivity index (χ1v) is 5.24. The molecule has 0 spiro atoms. The van der Waals surface area contributed by atoms with Crippen LogP contribution in [-0.2, 0) is 0 Å². The molecule has 0 bridgehead atoms. The molecule has 2 aromatic rings. The molecule has 0 amide bonds. The largest absolute Gasteiger partial charge is 0.282 e.